The van der Waals surface area contributed by atoms with E-state index in [9.17, 15) is 9.18 Å². The van der Waals surface area contributed by atoms with Crippen LogP contribution in [0.5, 0.6) is 0 Å². The van der Waals surface area contributed by atoms with Crippen molar-refractivity contribution in [3.8, 4) is 5.69 Å². The van der Waals surface area contributed by atoms with Crippen molar-refractivity contribution < 1.29 is 9.18 Å². The summed E-state index contributed by atoms with van der Waals surface area (Å²) in [4.78, 5) is 18.6. The predicted octanol–water partition coefficient (Wildman–Crippen LogP) is 2.59. The minimum Gasteiger partial charge on any atom is -0.336 e. The zero-order valence-corrected chi connectivity index (χ0v) is 12.8. The zero-order valence-electron chi connectivity index (χ0n) is 12.8. The van der Waals surface area contributed by atoms with Crippen LogP contribution in [-0.4, -0.2) is 38.7 Å². The normalized spacial score (nSPS) is 18.5. The van der Waals surface area contributed by atoms with Crippen molar-refractivity contribution >= 4 is 5.91 Å². The number of rotatable bonds is 2. The second kappa shape index (κ2) is 5.87. The molecule has 3 rings (SSSR count). The molecule has 1 atom stereocenters. The molecule has 0 spiro atoms. The predicted molar refractivity (Wildman–Crippen MR) is 80.4 cm³/mol. The SMILES string of the molecule is Cc1nc(C(=O)N2CCC[C@@H](C)C2)nn1-c1ccc(F)cc1. The Hall–Kier alpha value is -2.24. The number of hydrogen-bond donors (Lipinski definition) is 0. The van der Waals surface area contributed by atoms with Gasteiger partial charge in [0, 0.05) is 13.1 Å². The molecule has 6 heteroatoms. The zero-order chi connectivity index (χ0) is 15.7. The Kier molecular flexibility index (Phi) is 3.92. The summed E-state index contributed by atoms with van der Waals surface area (Å²) in [7, 11) is 0. The molecule has 1 saturated heterocycles. The summed E-state index contributed by atoms with van der Waals surface area (Å²) in [6, 6.07) is 5.97. The lowest BCUT2D eigenvalue weighted by Crippen LogP contribution is -2.39. The van der Waals surface area contributed by atoms with Crippen molar-refractivity contribution in [2.75, 3.05) is 13.1 Å². The number of hydrogen-bond acceptors (Lipinski definition) is 3. The Balaban J connectivity index is 1.85. The van der Waals surface area contributed by atoms with Crippen LogP contribution in [-0.2, 0) is 0 Å². The highest BCUT2D eigenvalue weighted by atomic mass is 19.1. The third-order valence-electron chi connectivity index (χ3n) is 3.98. The molecular weight excluding hydrogens is 283 g/mol. The highest BCUT2D eigenvalue weighted by Crippen LogP contribution is 2.18. The van der Waals surface area contributed by atoms with Crippen molar-refractivity contribution in [1.82, 2.24) is 19.7 Å². The molecule has 0 bridgehead atoms. The molecule has 0 N–H and O–H groups in total. The van der Waals surface area contributed by atoms with E-state index in [1.54, 1.807) is 23.7 Å². The second-order valence-corrected chi connectivity index (χ2v) is 5.87. The maximum absolute atomic E-state index is 13.0. The number of carbonyl (C=O) groups excluding carboxylic acids is 1. The van der Waals surface area contributed by atoms with Crippen molar-refractivity contribution in [3.63, 3.8) is 0 Å². The number of amides is 1. The average molecular weight is 302 g/mol. The molecule has 1 amide bonds. The summed E-state index contributed by atoms with van der Waals surface area (Å²) < 4.78 is 14.6. The maximum atomic E-state index is 13.0. The Morgan fingerprint density at radius 3 is 2.73 bits per heavy atom. The highest BCUT2D eigenvalue weighted by Gasteiger charge is 2.25. The molecule has 1 aromatic heterocycles. The van der Waals surface area contributed by atoms with Gasteiger partial charge in [0.05, 0.1) is 5.69 Å². The molecule has 1 fully saturated rings. The van der Waals surface area contributed by atoms with E-state index in [0.717, 1.165) is 25.9 Å². The van der Waals surface area contributed by atoms with Crippen LogP contribution in [0.3, 0.4) is 0 Å². The standard InChI is InChI=1S/C16H19FN4O/c1-11-4-3-9-20(10-11)16(22)15-18-12(2)21(19-15)14-7-5-13(17)6-8-14/h5-8,11H,3-4,9-10H2,1-2H3/t11-/m1/s1. The first-order valence-electron chi connectivity index (χ1n) is 7.53. The topological polar surface area (TPSA) is 51.0 Å². The monoisotopic (exact) mass is 302 g/mol. The Morgan fingerprint density at radius 1 is 1.32 bits per heavy atom. The Bertz CT molecular complexity index is 680. The van der Waals surface area contributed by atoms with E-state index in [4.69, 9.17) is 0 Å². The Labute approximate surface area is 128 Å². The highest BCUT2D eigenvalue weighted by molar-refractivity contribution is 5.90. The fraction of sp³-hybridized carbons (Fsp3) is 0.438. The van der Waals surface area contributed by atoms with E-state index in [-0.39, 0.29) is 17.5 Å². The minimum atomic E-state index is -0.305. The third kappa shape index (κ3) is 2.86. The summed E-state index contributed by atoms with van der Waals surface area (Å²) in [5, 5.41) is 4.30. The van der Waals surface area contributed by atoms with E-state index < -0.39 is 0 Å². The van der Waals surface area contributed by atoms with Gasteiger partial charge in [0.2, 0.25) is 5.82 Å². The van der Waals surface area contributed by atoms with Gasteiger partial charge in [-0.1, -0.05) is 6.92 Å². The van der Waals surface area contributed by atoms with Gasteiger partial charge >= 0.3 is 0 Å². The average Bonchev–Trinajstić information content (AvgIpc) is 2.89. The lowest BCUT2D eigenvalue weighted by molar-refractivity contribution is 0.0670. The Morgan fingerprint density at radius 2 is 2.05 bits per heavy atom. The first-order chi connectivity index (χ1) is 10.5. The molecule has 116 valence electrons. The molecule has 0 aliphatic carbocycles. The molecule has 2 heterocycles. The lowest BCUT2D eigenvalue weighted by Gasteiger charge is -2.29. The largest absolute Gasteiger partial charge is 0.336 e. The summed E-state index contributed by atoms with van der Waals surface area (Å²) in [5.74, 6) is 0.893. The number of halogens is 1. The maximum Gasteiger partial charge on any atom is 0.293 e. The molecule has 1 aromatic carbocycles. The smallest absolute Gasteiger partial charge is 0.293 e. The van der Waals surface area contributed by atoms with E-state index in [1.807, 2.05) is 4.90 Å². The van der Waals surface area contributed by atoms with Crippen molar-refractivity contribution in [2.24, 2.45) is 5.92 Å². The quantitative estimate of drug-likeness (QED) is 0.857. The van der Waals surface area contributed by atoms with Crippen LogP contribution in [0.2, 0.25) is 0 Å². The molecular formula is C16H19FN4O. The molecule has 2 aromatic rings. The number of carbonyl (C=O) groups is 1. The number of benzene rings is 1. The van der Waals surface area contributed by atoms with Crippen LogP contribution in [0.15, 0.2) is 24.3 Å². The summed E-state index contributed by atoms with van der Waals surface area (Å²) >= 11 is 0. The lowest BCUT2D eigenvalue weighted by atomic mass is 10.0. The van der Waals surface area contributed by atoms with Gasteiger partial charge in [-0.15, -0.1) is 5.10 Å². The fourth-order valence-electron chi connectivity index (χ4n) is 2.82. The molecule has 0 radical (unpaired) electrons. The second-order valence-electron chi connectivity index (χ2n) is 5.87. The summed E-state index contributed by atoms with van der Waals surface area (Å²) in [6.45, 7) is 5.44. The number of aromatic nitrogens is 3. The third-order valence-corrected chi connectivity index (χ3v) is 3.98. The van der Waals surface area contributed by atoms with Crippen molar-refractivity contribution in [3.05, 3.63) is 41.7 Å². The molecule has 22 heavy (non-hydrogen) atoms. The van der Waals surface area contributed by atoms with Gasteiger partial charge in [0.25, 0.3) is 5.91 Å². The number of likely N-dealkylation sites (tertiary alicyclic amines) is 1. The van der Waals surface area contributed by atoms with E-state index in [0.29, 0.717) is 17.4 Å². The minimum absolute atomic E-state index is 0.129. The van der Waals surface area contributed by atoms with Crippen LogP contribution in [0.25, 0.3) is 5.69 Å². The molecule has 0 saturated carbocycles. The summed E-state index contributed by atoms with van der Waals surface area (Å²) in [6.07, 6.45) is 2.17. The van der Waals surface area contributed by atoms with Gasteiger partial charge in [-0.25, -0.2) is 14.1 Å². The van der Waals surface area contributed by atoms with Gasteiger partial charge in [0.15, 0.2) is 0 Å². The first-order valence-corrected chi connectivity index (χ1v) is 7.53. The van der Waals surface area contributed by atoms with Crippen LogP contribution in [0, 0.1) is 18.7 Å². The number of piperidine rings is 1. The van der Waals surface area contributed by atoms with Crippen LogP contribution < -0.4 is 0 Å². The van der Waals surface area contributed by atoms with Crippen LogP contribution in [0.1, 0.15) is 36.2 Å². The van der Waals surface area contributed by atoms with Crippen LogP contribution >= 0.6 is 0 Å². The van der Waals surface area contributed by atoms with Gasteiger partial charge in [-0.3, -0.25) is 4.79 Å². The van der Waals surface area contributed by atoms with Gasteiger partial charge in [0.1, 0.15) is 11.6 Å². The molecule has 5 nitrogen and oxygen atoms in total. The number of nitrogens with zero attached hydrogens (tertiary/aromatic N) is 4. The molecule has 0 unspecified atom stereocenters. The van der Waals surface area contributed by atoms with Gasteiger partial charge < -0.3 is 4.90 Å². The van der Waals surface area contributed by atoms with E-state index in [2.05, 4.69) is 17.0 Å². The van der Waals surface area contributed by atoms with Crippen molar-refractivity contribution in [1.29, 1.82) is 0 Å². The molecule has 1 aliphatic heterocycles. The van der Waals surface area contributed by atoms with Crippen molar-refractivity contribution in [2.45, 2.75) is 26.7 Å². The van der Waals surface area contributed by atoms with Crippen LogP contribution in [0.4, 0.5) is 4.39 Å². The van der Waals surface area contributed by atoms with Gasteiger partial charge in [-0.2, -0.15) is 0 Å². The fourth-order valence-corrected chi connectivity index (χ4v) is 2.82. The first kappa shape index (κ1) is 14.7. The summed E-state index contributed by atoms with van der Waals surface area (Å²) in [5.41, 5.74) is 0.692. The van der Waals surface area contributed by atoms with Gasteiger partial charge in [-0.05, 0) is 49.9 Å². The van der Waals surface area contributed by atoms with E-state index >= 15 is 0 Å². The van der Waals surface area contributed by atoms with E-state index in [1.165, 1.54) is 12.1 Å². The molecule has 1 aliphatic rings. The number of aryl methyl sites for hydroxylation is 1.